The predicted molar refractivity (Wildman–Crippen MR) is 131 cm³/mol. The normalized spacial score (nSPS) is 11.6. The Morgan fingerprint density at radius 3 is 2.64 bits per heavy atom. The number of aromatic amines is 1. The van der Waals surface area contributed by atoms with E-state index in [1.54, 1.807) is 22.8 Å². The molecule has 0 spiro atoms. The van der Waals surface area contributed by atoms with E-state index in [2.05, 4.69) is 15.3 Å². The van der Waals surface area contributed by atoms with E-state index < -0.39 is 0 Å². The van der Waals surface area contributed by atoms with Crippen molar-refractivity contribution in [1.29, 1.82) is 0 Å². The number of hydrogen-bond acceptors (Lipinski definition) is 5. The Labute approximate surface area is 197 Å². The monoisotopic (exact) mass is 475 g/mol. The molecule has 0 bridgehead atoms. The Bertz CT molecular complexity index is 1700. The summed E-state index contributed by atoms with van der Waals surface area (Å²) in [4.78, 5) is 24.7. The van der Waals surface area contributed by atoms with E-state index >= 15 is 0 Å². The van der Waals surface area contributed by atoms with Gasteiger partial charge in [0, 0.05) is 18.2 Å². The first kappa shape index (κ1) is 19.8. The molecule has 1 aliphatic carbocycles. The van der Waals surface area contributed by atoms with Gasteiger partial charge in [0.25, 0.3) is 5.56 Å². The zero-order valence-electron chi connectivity index (χ0n) is 17.2. The van der Waals surface area contributed by atoms with E-state index in [0.717, 1.165) is 11.3 Å². The minimum Gasteiger partial charge on any atom is -0.456 e. The lowest BCUT2D eigenvalue weighted by atomic mass is 10.1. The predicted octanol–water partition coefficient (Wildman–Crippen LogP) is 6.23. The summed E-state index contributed by atoms with van der Waals surface area (Å²) in [7, 11) is 1.82. The largest absolute Gasteiger partial charge is 0.456 e. The molecule has 7 nitrogen and oxygen atoms in total. The van der Waals surface area contributed by atoms with Crippen LogP contribution >= 0.6 is 23.2 Å². The zero-order valence-corrected chi connectivity index (χ0v) is 18.7. The van der Waals surface area contributed by atoms with Crippen molar-refractivity contribution in [2.45, 2.75) is 0 Å². The number of para-hydroxylation sites is 1. The molecule has 0 radical (unpaired) electrons. The number of benzene rings is 2. The summed E-state index contributed by atoms with van der Waals surface area (Å²) in [5.74, 6) is 1.84. The number of H-pyrrole nitrogens is 1. The van der Waals surface area contributed by atoms with Crippen LogP contribution in [0.3, 0.4) is 0 Å². The lowest BCUT2D eigenvalue weighted by molar-refractivity contribution is 0.583. The van der Waals surface area contributed by atoms with Crippen molar-refractivity contribution in [3.8, 4) is 22.6 Å². The first-order valence-electron chi connectivity index (χ1n) is 10.1. The number of nitrogens with one attached hydrogen (secondary N) is 2. The van der Waals surface area contributed by atoms with Gasteiger partial charge in [-0.2, -0.15) is 0 Å². The summed E-state index contributed by atoms with van der Waals surface area (Å²) in [5.41, 5.74) is 3.72. The molecule has 2 aliphatic rings. The van der Waals surface area contributed by atoms with Gasteiger partial charge in [-0.3, -0.25) is 4.79 Å². The molecular formula is C24H15Cl2N5O2. The van der Waals surface area contributed by atoms with Gasteiger partial charge in [0.05, 0.1) is 38.5 Å². The highest BCUT2D eigenvalue weighted by Crippen LogP contribution is 2.38. The molecule has 3 heterocycles. The van der Waals surface area contributed by atoms with Crippen molar-refractivity contribution < 1.29 is 4.42 Å². The summed E-state index contributed by atoms with van der Waals surface area (Å²) in [6.45, 7) is 0. The van der Waals surface area contributed by atoms with Gasteiger partial charge in [0.2, 0.25) is 5.95 Å². The molecule has 1 aliphatic heterocycles. The Morgan fingerprint density at radius 2 is 1.82 bits per heavy atom. The third-order valence-electron chi connectivity index (χ3n) is 5.66. The van der Waals surface area contributed by atoms with Gasteiger partial charge in [-0.25, -0.2) is 9.97 Å². The maximum Gasteiger partial charge on any atom is 0.260 e. The molecule has 2 aromatic carbocycles. The van der Waals surface area contributed by atoms with Gasteiger partial charge in [-0.1, -0.05) is 41.4 Å². The highest BCUT2D eigenvalue weighted by atomic mass is 35.5. The SMILES string of the molecule is Cn1c(Nc2c(Cl)cccc2Cl)nc2c(-c3ccc4cccc-4o3)cc3nc[nH]c(=O)c3c21. The van der Waals surface area contributed by atoms with Gasteiger partial charge in [-0.05, 0) is 36.4 Å². The van der Waals surface area contributed by atoms with Crippen LogP contribution in [-0.2, 0) is 7.05 Å². The van der Waals surface area contributed by atoms with Crippen LogP contribution in [0.4, 0.5) is 11.6 Å². The van der Waals surface area contributed by atoms with E-state index in [4.69, 9.17) is 32.6 Å². The van der Waals surface area contributed by atoms with Crippen LogP contribution in [0.1, 0.15) is 0 Å². The second-order valence-corrected chi connectivity index (χ2v) is 8.42. The molecule has 0 unspecified atom stereocenters. The van der Waals surface area contributed by atoms with Gasteiger partial charge < -0.3 is 19.3 Å². The molecular weight excluding hydrogens is 461 g/mol. The number of hydrogen-bond donors (Lipinski definition) is 2. The molecule has 0 saturated heterocycles. The second kappa shape index (κ2) is 7.37. The maximum atomic E-state index is 12.8. The molecule has 9 heteroatoms. The highest BCUT2D eigenvalue weighted by Gasteiger charge is 2.21. The maximum absolute atomic E-state index is 12.8. The van der Waals surface area contributed by atoms with Crippen molar-refractivity contribution in [3.63, 3.8) is 0 Å². The number of anilines is 2. The first-order valence-corrected chi connectivity index (χ1v) is 10.8. The molecule has 33 heavy (non-hydrogen) atoms. The number of rotatable bonds is 3. The number of fused-ring (bicyclic) bond motifs is 4. The fourth-order valence-electron chi connectivity index (χ4n) is 4.07. The minimum absolute atomic E-state index is 0.259. The van der Waals surface area contributed by atoms with Gasteiger partial charge in [0.1, 0.15) is 17.0 Å². The van der Waals surface area contributed by atoms with Crippen molar-refractivity contribution in [2.75, 3.05) is 5.32 Å². The smallest absolute Gasteiger partial charge is 0.260 e. The Hall–Kier alpha value is -3.81. The second-order valence-electron chi connectivity index (χ2n) is 7.61. The van der Waals surface area contributed by atoms with E-state index in [0.29, 0.717) is 54.9 Å². The van der Waals surface area contributed by atoms with E-state index in [9.17, 15) is 4.79 Å². The molecule has 4 aromatic rings. The van der Waals surface area contributed by atoms with E-state index in [-0.39, 0.29) is 5.56 Å². The Morgan fingerprint density at radius 1 is 1.03 bits per heavy atom. The number of aryl methyl sites for hydroxylation is 1. The number of imidazole rings is 1. The van der Waals surface area contributed by atoms with Crippen LogP contribution < -0.4 is 10.9 Å². The van der Waals surface area contributed by atoms with Crippen LogP contribution in [0.2, 0.25) is 10.0 Å². The van der Waals surface area contributed by atoms with Crippen LogP contribution in [0.5, 0.6) is 0 Å². The van der Waals surface area contributed by atoms with Crippen molar-refractivity contribution in [1.82, 2.24) is 19.5 Å². The summed E-state index contributed by atoms with van der Waals surface area (Å²) < 4.78 is 7.95. The number of nitrogens with zero attached hydrogens (tertiary/aromatic N) is 3. The zero-order chi connectivity index (χ0) is 22.7. The van der Waals surface area contributed by atoms with Crippen LogP contribution in [0.25, 0.3) is 44.6 Å². The number of aromatic nitrogens is 4. The summed E-state index contributed by atoms with van der Waals surface area (Å²) in [6, 6.07) is 16.8. The lowest BCUT2D eigenvalue weighted by Gasteiger charge is -2.10. The molecule has 2 N–H and O–H groups in total. The first-order chi connectivity index (χ1) is 16.0. The lowest BCUT2D eigenvalue weighted by Crippen LogP contribution is -2.08. The fourth-order valence-corrected chi connectivity index (χ4v) is 4.56. The standard InChI is InChI=1S/C24H15Cl2N5O2/c1-31-22-19-16(27-11-28-23(19)32)10-13(18-9-8-12-4-2-7-17(12)33-18)20(22)29-24(31)30-21-14(25)5-3-6-15(21)26/h2-11H,1H3,(H,29,30)(H,27,28,32). The van der Waals surface area contributed by atoms with E-state index in [1.165, 1.54) is 6.33 Å². The van der Waals surface area contributed by atoms with Crippen LogP contribution in [0.15, 0.2) is 70.1 Å². The van der Waals surface area contributed by atoms with Crippen molar-refractivity contribution >= 4 is 56.8 Å². The number of halogens is 2. The molecule has 162 valence electrons. The third kappa shape index (κ3) is 3.08. The summed E-state index contributed by atoms with van der Waals surface area (Å²) in [6.07, 6.45) is 1.39. The fraction of sp³-hybridized carbons (Fsp3) is 0.0417. The molecule has 0 amide bonds. The minimum atomic E-state index is -0.259. The topological polar surface area (TPSA) is 88.7 Å². The van der Waals surface area contributed by atoms with Gasteiger partial charge >= 0.3 is 0 Å². The average molecular weight is 476 g/mol. The Kier molecular flexibility index (Phi) is 4.43. The molecule has 6 rings (SSSR count). The third-order valence-corrected chi connectivity index (χ3v) is 6.29. The molecule has 0 atom stereocenters. The molecule has 0 fully saturated rings. The average Bonchev–Trinajstić information content (AvgIpc) is 3.40. The highest BCUT2D eigenvalue weighted by molar-refractivity contribution is 6.39. The van der Waals surface area contributed by atoms with E-state index in [1.807, 2.05) is 43.4 Å². The van der Waals surface area contributed by atoms with Crippen molar-refractivity contribution in [2.24, 2.45) is 7.05 Å². The quantitative estimate of drug-likeness (QED) is 0.316. The van der Waals surface area contributed by atoms with Gasteiger partial charge in [0.15, 0.2) is 0 Å². The van der Waals surface area contributed by atoms with Crippen LogP contribution in [-0.4, -0.2) is 19.5 Å². The van der Waals surface area contributed by atoms with Crippen LogP contribution in [0, 0.1) is 0 Å². The summed E-state index contributed by atoms with van der Waals surface area (Å²) in [5, 5.41) is 4.55. The molecule has 0 saturated carbocycles. The van der Waals surface area contributed by atoms with Crippen molar-refractivity contribution in [3.05, 3.63) is 81.3 Å². The Balaban J connectivity index is 1.67. The summed E-state index contributed by atoms with van der Waals surface area (Å²) >= 11 is 12.7. The van der Waals surface area contributed by atoms with Gasteiger partial charge in [-0.15, -0.1) is 0 Å². The molecule has 2 aromatic heterocycles.